The first kappa shape index (κ1) is 14.8. The Labute approximate surface area is 134 Å². The molecule has 0 radical (unpaired) electrons. The molecule has 21 heavy (non-hydrogen) atoms. The highest BCUT2D eigenvalue weighted by Gasteiger charge is 2.32. The zero-order valence-corrected chi connectivity index (χ0v) is 14.1. The Balaban J connectivity index is 1.87. The standard InChI is InChI=1S/C17H21BrN2O/c1-3-14-16(18)15(20(4-2)19-14)10-12-9-11-7-5-6-8-13(11)17(12)21/h5-8,12,17,21H,3-4,9-10H2,1-2H3. The number of aliphatic hydroxyl groups excluding tert-OH is 1. The highest BCUT2D eigenvalue weighted by molar-refractivity contribution is 9.10. The Morgan fingerprint density at radius 1 is 1.33 bits per heavy atom. The first-order valence-electron chi connectivity index (χ1n) is 7.65. The van der Waals surface area contributed by atoms with E-state index in [1.807, 2.05) is 12.1 Å². The fourth-order valence-corrected chi connectivity index (χ4v) is 4.03. The minimum atomic E-state index is -0.363. The third kappa shape index (κ3) is 2.55. The van der Waals surface area contributed by atoms with Crippen molar-refractivity contribution in [1.82, 2.24) is 9.78 Å². The summed E-state index contributed by atoms with van der Waals surface area (Å²) in [5, 5.41) is 15.2. The predicted octanol–water partition coefficient (Wildman–Crippen LogP) is 3.68. The van der Waals surface area contributed by atoms with E-state index in [0.29, 0.717) is 0 Å². The van der Waals surface area contributed by atoms with Crippen molar-refractivity contribution in [3.05, 3.63) is 51.3 Å². The third-order valence-corrected chi connectivity index (χ3v) is 5.37. The van der Waals surface area contributed by atoms with Gasteiger partial charge in [0.05, 0.1) is 22.0 Å². The zero-order chi connectivity index (χ0) is 15.0. The normalized spacial score (nSPS) is 20.8. The van der Waals surface area contributed by atoms with Gasteiger partial charge in [-0.15, -0.1) is 0 Å². The van der Waals surface area contributed by atoms with Crippen molar-refractivity contribution in [2.45, 2.75) is 45.8 Å². The van der Waals surface area contributed by atoms with Crippen molar-refractivity contribution < 1.29 is 5.11 Å². The first-order valence-corrected chi connectivity index (χ1v) is 8.44. The molecule has 0 saturated heterocycles. The molecule has 0 aliphatic heterocycles. The number of hydrogen-bond donors (Lipinski definition) is 1. The highest BCUT2D eigenvalue weighted by Crippen LogP contribution is 2.39. The van der Waals surface area contributed by atoms with Crippen LogP contribution in [0.3, 0.4) is 0 Å². The van der Waals surface area contributed by atoms with E-state index in [9.17, 15) is 5.11 Å². The van der Waals surface area contributed by atoms with Gasteiger partial charge in [0, 0.05) is 6.54 Å². The number of halogens is 1. The molecule has 1 N–H and O–H groups in total. The molecule has 2 unspecified atom stereocenters. The molecule has 0 bridgehead atoms. The second kappa shape index (κ2) is 5.93. The van der Waals surface area contributed by atoms with Crippen molar-refractivity contribution in [1.29, 1.82) is 0 Å². The van der Waals surface area contributed by atoms with Gasteiger partial charge >= 0.3 is 0 Å². The van der Waals surface area contributed by atoms with Crippen LogP contribution in [0, 0.1) is 5.92 Å². The van der Waals surface area contributed by atoms with Gasteiger partial charge in [0.1, 0.15) is 0 Å². The lowest BCUT2D eigenvalue weighted by Gasteiger charge is -2.16. The number of benzene rings is 1. The number of fused-ring (bicyclic) bond motifs is 1. The predicted molar refractivity (Wildman–Crippen MR) is 87.3 cm³/mol. The van der Waals surface area contributed by atoms with Gasteiger partial charge in [-0.2, -0.15) is 5.10 Å². The summed E-state index contributed by atoms with van der Waals surface area (Å²) in [5.74, 6) is 0.241. The number of rotatable bonds is 4. The maximum absolute atomic E-state index is 10.6. The molecule has 1 aliphatic carbocycles. The molecule has 2 aromatic rings. The Kier molecular flexibility index (Phi) is 4.18. The lowest BCUT2D eigenvalue weighted by Crippen LogP contribution is -2.14. The van der Waals surface area contributed by atoms with Crippen molar-refractivity contribution in [3.63, 3.8) is 0 Å². The van der Waals surface area contributed by atoms with Crippen LogP contribution in [0.15, 0.2) is 28.7 Å². The van der Waals surface area contributed by atoms with Crippen LogP contribution >= 0.6 is 15.9 Å². The van der Waals surface area contributed by atoms with Crippen LogP contribution in [0.1, 0.15) is 42.5 Å². The number of hydrogen-bond acceptors (Lipinski definition) is 2. The lowest BCUT2D eigenvalue weighted by molar-refractivity contribution is 0.122. The smallest absolute Gasteiger partial charge is 0.0827 e. The van der Waals surface area contributed by atoms with E-state index < -0.39 is 0 Å². The zero-order valence-electron chi connectivity index (χ0n) is 12.5. The van der Waals surface area contributed by atoms with Crippen LogP contribution < -0.4 is 0 Å². The monoisotopic (exact) mass is 348 g/mol. The number of aromatic nitrogens is 2. The van der Waals surface area contributed by atoms with E-state index in [4.69, 9.17) is 0 Å². The van der Waals surface area contributed by atoms with Gasteiger partial charge in [0.15, 0.2) is 0 Å². The minimum absolute atomic E-state index is 0.241. The average Bonchev–Trinajstić information content (AvgIpc) is 2.99. The lowest BCUT2D eigenvalue weighted by atomic mass is 9.97. The van der Waals surface area contributed by atoms with Crippen LogP contribution in [0.4, 0.5) is 0 Å². The van der Waals surface area contributed by atoms with Gasteiger partial charge < -0.3 is 5.11 Å². The van der Waals surface area contributed by atoms with Gasteiger partial charge in [-0.1, -0.05) is 31.2 Å². The fourth-order valence-electron chi connectivity index (χ4n) is 3.30. The van der Waals surface area contributed by atoms with Crippen molar-refractivity contribution in [2.75, 3.05) is 0 Å². The molecule has 0 amide bonds. The third-order valence-electron chi connectivity index (χ3n) is 4.45. The van der Waals surface area contributed by atoms with Gasteiger partial charge in [-0.05, 0) is 59.2 Å². The van der Waals surface area contributed by atoms with Crippen LogP contribution in [0.2, 0.25) is 0 Å². The molecule has 1 aliphatic rings. The quantitative estimate of drug-likeness (QED) is 0.915. The molecule has 4 heteroatoms. The van der Waals surface area contributed by atoms with Crippen LogP contribution in [0.5, 0.6) is 0 Å². The molecule has 1 aromatic heterocycles. The summed E-state index contributed by atoms with van der Waals surface area (Å²) in [4.78, 5) is 0. The SMILES string of the molecule is CCc1nn(CC)c(CC2Cc3ccccc3C2O)c1Br. The largest absolute Gasteiger partial charge is 0.388 e. The van der Waals surface area contributed by atoms with Gasteiger partial charge in [0.25, 0.3) is 0 Å². The van der Waals surface area contributed by atoms with Gasteiger partial charge in [-0.3, -0.25) is 4.68 Å². The molecule has 0 fully saturated rings. The molecular formula is C17H21BrN2O. The summed E-state index contributed by atoms with van der Waals surface area (Å²) >= 11 is 3.70. The van der Waals surface area contributed by atoms with E-state index in [1.54, 1.807) is 0 Å². The molecule has 1 heterocycles. The van der Waals surface area contributed by atoms with E-state index in [-0.39, 0.29) is 12.0 Å². The van der Waals surface area contributed by atoms with Gasteiger partial charge in [0.2, 0.25) is 0 Å². The molecule has 1 aromatic carbocycles. The van der Waals surface area contributed by atoms with Gasteiger partial charge in [-0.25, -0.2) is 0 Å². The highest BCUT2D eigenvalue weighted by atomic mass is 79.9. The fraction of sp³-hybridized carbons (Fsp3) is 0.471. The van der Waals surface area contributed by atoms with E-state index >= 15 is 0 Å². The molecule has 3 rings (SSSR count). The summed E-state index contributed by atoms with van der Waals surface area (Å²) in [7, 11) is 0. The second-order valence-electron chi connectivity index (χ2n) is 5.69. The number of aliphatic hydroxyl groups is 1. The average molecular weight is 349 g/mol. The van der Waals surface area contributed by atoms with Crippen molar-refractivity contribution in [2.24, 2.45) is 5.92 Å². The Morgan fingerprint density at radius 2 is 2.10 bits per heavy atom. The Bertz CT molecular complexity index is 650. The van der Waals surface area contributed by atoms with Crippen molar-refractivity contribution in [3.8, 4) is 0 Å². The minimum Gasteiger partial charge on any atom is -0.388 e. The van der Waals surface area contributed by atoms with E-state index in [2.05, 4.69) is 51.7 Å². The topological polar surface area (TPSA) is 38.0 Å². The number of aryl methyl sites for hydroxylation is 2. The molecule has 2 atom stereocenters. The maximum Gasteiger partial charge on any atom is 0.0827 e. The van der Waals surface area contributed by atoms with E-state index in [1.165, 1.54) is 11.3 Å². The van der Waals surface area contributed by atoms with Crippen molar-refractivity contribution >= 4 is 15.9 Å². The summed E-state index contributed by atoms with van der Waals surface area (Å²) in [5.41, 5.74) is 4.70. The second-order valence-corrected chi connectivity index (χ2v) is 6.48. The van der Waals surface area contributed by atoms with E-state index in [0.717, 1.165) is 41.5 Å². The molecule has 112 valence electrons. The number of nitrogens with zero attached hydrogens (tertiary/aromatic N) is 2. The summed E-state index contributed by atoms with van der Waals surface area (Å²) in [6, 6.07) is 8.23. The summed E-state index contributed by atoms with van der Waals surface area (Å²) in [6.45, 7) is 5.10. The van der Waals surface area contributed by atoms with Crippen LogP contribution in [-0.4, -0.2) is 14.9 Å². The Morgan fingerprint density at radius 3 is 2.76 bits per heavy atom. The molecule has 0 saturated carbocycles. The van der Waals surface area contributed by atoms with Crippen LogP contribution in [-0.2, 0) is 25.8 Å². The molecule has 0 spiro atoms. The summed E-state index contributed by atoms with van der Waals surface area (Å²) < 4.78 is 3.19. The Hall–Kier alpha value is -1.13. The molecular weight excluding hydrogens is 328 g/mol. The molecule has 3 nitrogen and oxygen atoms in total. The first-order chi connectivity index (χ1) is 10.2. The summed E-state index contributed by atoms with van der Waals surface area (Å²) in [6.07, 6.45) is 2.37. The van der Waals surface area contributed by atoms with Crippen LogP contribution in [0.25, 0.3) is 0 Å². The maximum atomic E-state index is 10.6.